The second kappa shape index (κ2) is 7.11. The first-order valence-corrected chi connectivity index (χ1v) is 7.70. The normalized spacial score (nSPS) is 24.8. The molecular weight excluding hydrogens is 236 g/mol. The van der Waals surface area contributed by atoms with Gasteiger partial charge in [-0.3, -0.25) is 4.90 Å². The van der Waals surface area contributed by atoms with Crippen LogP contribution in [-0.4, -0.2) is 24.0 Å². The Morgan fingerprint density at radius 2 is 2.26 bits per heavy atom. The predicted octanol–water partition coefficient (Wildman–Crippen LogP) is 3.40. The fourth-order valence-corrected chi connectivity index (χ4v) is 2.94. The van der Waals surface area contributed by atoms with Crippen LogP contribution in [0.2, 0.25) is 0 Å². The van der Waals surface area contributed by atoms with E-state index in [0.717, 1.165) is 31.3 Å². The Labute approximate surface area is 117 Å². The van der Waals surface area contributed by atoms with Gasteiger partial charge >= 0.3 is 0 Å². The fourth-order valence-electron chi connectivity index (χ4n) is 2.94. The molecule has 2 rings (SSSR count). The topological polar surface area (TPSA) is 28.4 Å². The molecule has 0 aliphatic carbocycles. The summed E-state index contributed by atoms with van der Waals surface area (Å²) in [5.41, 5.74) is 1.32. The lowest BCUT2D eigenvalue weighted by molar-refractivity contribution is 0.113. The van der Waals surface area contributed by atoms with Crippen molar-refractivity contribution in [2.45, 2.75) is 59.2 Å². The Morgan fingerprint density at radius 3 is 3.00 bits per heavy atom. The van der Waals surface area contributed by atoms with Gasteiger partial charge in [-0.1, -0.05) is 13.8 Å². The van der Waals surface area contributed by atoms with Gasteiger partial charge in [-0.15, -0.1) is 0 Å². The number of likely N-dealkylation sites (tertiary alicyclic amines) is 1. The maximum atomic E-state index is 5.69. The summed E-state index contributed by atoms with van der Waals surface area (Å²) in [5.74, 6) is 2.01. The molecule has 0 amide bonds. The number of hydrogen-bond acceptors (Lipinski definition) is 3. The second-order valence-corrected chi connectivity index (χ2v) is 5.99. The van der Waals surface area contributed by atoms with Gasteiger partial charge in [0.2, 0.25) is 0 Å². The summed E-state index contributed by atoms with van der Waals surface area (Å²) >= 11 is 0. The highest BCUT2D eigenvalue weighted by atomic mass is 16.3. The van der Waals surface area contributed by atoms with E-state index in [1.807, 2.05) is 6.26 Å². The van der Waals surface area contributed by atoms with Crippen molar-refractivity contribution in [3.8, 4) is 0 Å². The van der Waals surface area contributed by atoms with Gasteiger partial charge in [-0.2, -0.15) is 0 Å². The molecule has 108 valence electrons. The summed E-state index contributed by atoms with van der Waals surface area (Å²) in [5, 5.41) is 3.45. The molecule has 1 aliphatic rings. The van der Waals surface area contributed by atoms with E-state index < -0.39 is 0 Å². The quantitative estimate of drug-likeness (QED) is 0.798. The second-order valence-electron chi connectivity index (χ2n) is 5.99. The highest BCUT2D eigenvalue weighted by Gasteiger charge is 2.24. The van der Waals surface area contributed by atoms with Crippen molar-refractivity contribution >= 4 is 0 Å². The molecule has 2 heterocycles. The van der Waals surface area contributed by atoms with Crippen molar-refractivity contribution in [2.75, 3.05) is 13.1 Å². The zero-order chi connectivity index (χ0) is 13.7. The summed E-state index contributed by atoms with van der Waals surface area (Å²) in [6.45, 7) is 11.1. The molecule has 1 N–H and O–H groups in total. The monoisotopic (exact) mass is 264 g/mol. The Morgan fingerprint density at radius 1 is 1.42 bits per heavy atom. The molecular formula is C16H28N2O. The molecule has 3 heteroatoms. The van der Waals surface area contributed by atoms with E-state index in [2.05, 4.69) is 37.1 Å². The summed E-state index contributed by atoms with van der Waals surface area (Å²) in [4.78, 5) is 2.56. The van der Waals surface area contributed by atoms with Crippen LogP contribution in [0.1, 0.15) is 51.4 Å². The Hall–Kier alpha value is -0.800. The number of hydrogen-bond donors (Lipinski definition) is 1. The predicted molar refractivity (Wildman–Crippen MR) is 79.0 cm³/mol. The molecule has 1 aromatic rings. The van der Waals surface area contributed by atoms with E-state index in [-0.39, 0.29) is 0 Å². The standard InChI is InChI=1S/C16H28N2O/c1-4-7-17-11-15-6-9-19-16(15)12-18-8-5-13(2)10-14(18)3/h6,9,13-14,17H,4-5,7-8,10-12H2,1-3H3. The Bertz CT molecular complexity index is 375. The lowest BCUT2D eigenvalue weighted by atomic mass is 9.93. The molecule has 2 atom stereocenters. The van der Waals surface area contributed by atoms with Gasteiger partial charge in [0.25, 0.3) is 0 Å². The number of nitrogens with zero attached hydrogens (tertiary/aromatic N) is 1. The third-order valence-electron chi connectivity index (χ3n) is 4.20. The molecule has 0 spiro atoms. The summed E-state index contributed by atoms with van der Waals surface area (Å²) in [6, 6.07) is 2.78. The van der Waals surface area contributed by atoms with Crippen molar-refractivity contribution in [2.24, 2.45) is 5.92 Å². The first-order chi connectivity index (χ1) is 9.20. The van der Waals surface area contributed by atoms with E-state index in [9.17, 15) is 0 Å². The minimum Gasteiger partial charge on any atom is -0.468 e. The van der Waals surface area contributed by atoms with Crippen molar-refractivity contribution < 1.29 is 4.42 Å². The molecule has 2 unspecified atom stereocenters. The van der Waals surface area contributed by atoms with Gasteiger partial charge < -0.3 is 9.73 Å². The molecule has 19 heavy (non-hydrogen) atoms. The van der Waals surface area contributed by atoms with Gasteiger partial charge in [-0.25, -0.2) is 0 Å². The lowest BCUT2D eigenvalue weighted by Crippen LogP contribution is -2.39. The smallest absolute Gasteiger partial charge is 0.122 e. The van der Waals surface area contributed by atoms with Gasteiger partial charge in [0.05, 0.1) is 12.8 Å². The van der Waals surface area contributed by atoms with Gasteiger partial charge in [-0.05, 0) is 51.3 Å². The van der Waals surface area contributed by atoms with Crippen molar-refractivity contribution in [1.29, 1.82) is 0 Å². The van der Waals surface area contributed by atoms with E-state index in [1.165, 1.54) is 31.4 Å². The first-order valence-electron chi connectivity index (χ1n) is 7.70. The van der Waals surface area contributed by atoms with E-state index in [0.29, 0.717) is 6.04 Å². The lowest BCUT2D eigenvalue weighted by Gasteiger charge is -2.36. The maximum absolute atomic E-state index is 5.69. The molecule has 1 aromatic heterocycles. The highest BCUT2D eigenvalue weighted by Crippen LogP contribution is 2.24. The van der Waals surface area contributed by atoms with E-state index in [1.54, 1.807) is 0 Å². The van der Waals surface area contributed by atoms with Crippen LogP contribution in [0.5, 0.6) is 0 Å². The Kier molecular flexibility index (Phi) is 5.46. The van der Waals surface area contributed by atoms with Crippen LogP contribution in [0, 0.1) is 5.92 Å². The van der Waals surface area contributed by atoms with Crippen LogP contribution in [0.3, 0.4) is 0 Å². The van der Waals surface area contributed by atoms with Crippen LogP contribution < -0.4 is 5.32 Å². The molecule has 1 saturated heterocycles. The van der Waals surface area contributed by atoms with E-state index >= 15 is 0 Å². The zero-order valence-electron chi connectivity index (χ0n) is 12.6. The maximum Gasteiger partial charge on any atom is 0.122 e. The average molecular weight is 264 g/mol. The Balaban J connectivity index is 1.90. The van der Waals surface area contributed by atoms with Gasteiger partial charge in [0, 0.05) is 18.2 Å². The van der Waals surface area contributed by atoms with Crippen LogP contribution in [0.15, 0.2) is 16.7 Å². The molecule has 0 saturated carbocycles. The minimum absolute atomic E-state index is 0.672. The van der Waals surface area contributed by atoms with Gasteiger partial charge in [0.15, 0.2) is 0 Å². The molecule has 0 aromatic carbocycles. The highest BCUT2D eigenvalue weighted by molar-refractivity contribution is 5.17. The number of nitrogens with one attached hydrogen (secondary N) is 1. The summed E-state index contributed by atoms with van der Waals surface area (Å²) < 4.78 is 5.69. The zero-order valence-corrected chi connectivity index (χ0v) is 12.6. The first kappa shape index (κ1) is 14.6. The molecule has 0 radical (unpaired) electrons. The van der Waals surface area contributed by atoms with Crippen molar-refractivity contribution in [1.82, 2.24) is 10.2 Å². The molecule has 1 aliphatic heterocycles. The number of rotatable bonds is 6. The summed E-state index contributed by atoms with van der Waals surface area (Å²) in [6.07, 6.45) is 5.63. The van der Waals surface area contributed by atoms with Crippen LogP contribution in [0.4, 0.5) is 0 Å². The summed E-state index contributed by atoms with van der Waals surface area (Å²) in [7, 11) is 0. The minimum atomic E-state index is 0.672. The SMILES string of the molecule is CCCNCc1ccoc1CN1CCC(C)CC1C. The van der Waals surface area contributed by atoms with Gasteiger partial charge in [0.1, 0.15) is 5.76 Å². The largest absolute Gasteiger partial charge is 0.468 e. The molecule has 3 nitrogen and oxygen atoms in total. The van der Waals surface area contributed by atoms with Crippen LogP contribution in [0.25, 0.3) is 0 Å². The van der Waals surface area contributed by atoms with Crippen molar-refractivity contribution in [3.05, 3.63) is 23.7 Å². The number of piperidine rings is 1. The third kappa shape index (κ3) is 4.08. The molecule has 0 bridgehead atoms. The average Bonchev–Trinajstić information content (AvgIpc) is 2.81. The van der Waals surface area contributed by atoms with E-state index in [4.69, 9.17) is 4.42 Å². The number of furan rings is 1. The fraction of sp³-hybridized carbons (Fsp3) is 0.750. The molecule has 1 fully saturated rings. The van der Waals surface area contributed by atoms with Crippen molar-refractivity contribution in [3.63, 3.8) is 0 Å². The third-order valence-corrected chi connectivity index (χ3v) is 4.20. The van der Waals surface area contributed by atoms with Crippen LogP contribution in [-0.2, 0) is 13.1 Å². The van der Waals surface area contributed by atoms with Crippen LogP contribution >= 0.6 is 0 Å².